The minimum Gasteiger partial charge on any atom is -0.368 e. The predicted molar refractivity (Wildman–Crippen MR) is 124 cm³/mol. The fourth-order valence-corrected chi connectivity index (χ4v) is 3.78. The lowest BCUT2D eigenvalue weighted by Gasteiger charge is -2.28. The monoisotopic (exact) mass is 448 g/mol. The van der Waals surface area contributed by atoms with Crippen molar-refractivity contribution in [2.24, 2.45) is 5.73 Å². The van der Waals surface area contributed by atoms with Gasteiger partial charge in [0, 0.05) is 19.0 Å². The molecule has 3 rings (SSSR count). The summed E-state index contributed by atoms with van der Waals surface area (Å²) < 4.78 is 0. The second-order valence-electron chi connectivity index (χ2n) is 7.86. The van der Waals surface area contributed by atoms with Crippen LogP contribution in [0.3, 0.4) is 0 Å². The molecule has 0 aliphatic carbocycles. The average molecular weight is 449 g/mol. The van der Waals surface area contributed by atoms with Crippen molar-refractivity contribution in [1.82, 2.24) is 15.5 Å². The van der Waals surface area contributed by atoms with E-state index in [2.05, 4.69) is 10.6 Å². The molecule has 8 heteroatoms. The number of nitrogens with zero attached hydrogens (tertiary/aromatic N) is 1. The summed E-state index contributed by atoms with van der Waals surface area (Å²) in [6.45, 7) is 0.129. The van der Waals surface area contributed by atoms with Crippen LogP contribution in [0.15, 0.2) is 66.7 Å². The van der Waals surface area contributed by atoms with Gasteiger partial charge >= 0.3 is 0 Å². The molecular formula is C25H28N4O4. The molecule has 2 aromatic carbocycles. The number of nitrogens with two attached hydrogens (primary N) is 1. The number of amides is 4. The average Bonchev–Trinajstić information content (AvgIpc) is 3.32. The first kappa shape index (κ1) is 23.7. The third-order valence-electron chi connectivity index (χ3n) is 5.43. The first-order valence-electron chi connectivity index (χ1n) is 10.9. The van der Waals surface area contributed by atoms with Crippen LogP contribution >= 0.6 is 0 Å². The molecule has 1 saturated heterocycles. The van der Waals surface area contributed by atoms with Crippen LogP contribution in [0.5, 0.6) is 0 Å². The maximum atomic E-state index is 13.2. The topological polar surface area (TPSA) is 122 Å². The zero-order chi connectivity index (χ0) is 23.6. The van der Waals surface area contributed by atoms with E-state index in [-0.39, 0.29) is 18.9 Å². The number of carbonyl (C=O) groups is 4. The Balaban J connectivity index is 1.62. The molecule has 0 radical (unpaired) electrons. The standard InChI is InChI=1S/C25H28N4O4/c26-24(32)21-12-7-15-29(21)25(33)20(16-19-10-5-2-6-11-19)28-23(31)17-27-22(30)14-13-18-8-3-1-4-9-18/h1-6,8-11,13-14,20-21H,7,12,15-17H2,(H2,26,32)(H,27,30)(H,28,31)/t20-,21-/m0/s1. The lowest BCUT2D eigenvalue weighted by Crippen LogP contribution is -2.54. The highest BCUT2D eigenvalue weighted by Crippen LogP contribution is 2.19. The van der Waals surface area contributed by atoms with Gasteiger partial charge in [-0.2, -0.15) is 0 Å². The quantitative estimate of drug-likeness (QED) is 0.496. The van der Waals surface area contributed by atoms with Crippen LogP contribution in [0.25, 0.3) is 6.08 Å². The van der Waals surface area contributed by atoms with Gasteiger partial charge in [0.25, 0.3) is 0 Å². The molecule has 2 aromatic rings. The SMILES string of the molecule is NC(=O)[C@@H]1CCCN1C(=O)[C@H](Cc1ccccc1)NC(=O)CNC(=O)C=Cc1ccccc1. The number of hydrogen-bond acceptors (Lipinski definition) is 4. The van der Waals surface area contributed by atoms with Crippen molar-refractivity contribution >= 4 is 29.7 Å². The van der Waals surface area contributed by atoms with Crippen LogP contribution in [-0.4, -0.2) is 53.7 Å². The Bertz CT molecular complexity index is 1010. The van der Waals surface area contributed by atoms with Crippen molar-refractivity contribution in [3.63, 3.8) is 0 Å². The molecule has 1 heterocycles. The zero-order valence-electron chi connectivity index (χ0n) is 18.3. The van der Waals surface area contributed by atoms with Gasteiger partial charge in [-0.1, -0.05) is 60.7 Å². The lowest BCUT2D eigenvalue weighted by atomic mass is 10.0. The Morgan fingerprint density at radius 3 is 2.36 bits per heavy atom. The van der Waals surface area contributed by atoms with Gasteiger partial charge in [-0.15, -0.1) is 0 Å². The number of likely N-dealkylation sites (tertiary alicyclic amines) is 1. The molecule has 172 valence electrons. The van der Waals surface area contributed by atoms with E-state index in [0.717, 1.165) is 11.1 Å². The molecular weight excluding hydrogens is 420 g/mol. The summed E-state index contributed by atoms with van der Waals surface area (Å²) >= 11 is 0. The zero-order valence-corrected chi connectivity index (χ0v) is 18.3. The van der Waals surface area contributed by atoms with E-state index >= 15 is 0 Å². The van der Waals surface area contributed by atoms with Gasteiger partial charge in [-0.3, -0.25) is 19.2 Å². The molecule has 8 nitrogen and oxygen atoms in total. The first-order chi connectivity index (χ1) is 15.9. The highest BCUT2D eigenvalue weighted by molar-refractivity contribution is 5.96. The molecule has 0 unspecified atom stereocenters. The highest BCUT2D eigenvalue weighted by Gasteiger charge is 2.36. The van der Waals surface area contributed by atoms with E-state index in [1.807, 2.05) is 60.7 Å². The summed E-state index contributed by atoms with van der Waals surface area (Å²) in [6, 6.07) is 17.0. The van der Waals surface area contributed by atoms with E-state index in [0.29, 0.717) is 19.4 Å². The number of nitrogens with one attached hydrogen (secondary N) is 2. The van der Waals surface area contributed by atoms with E-state index in [1.54, 1.807) is 6.08 Å². The van der Waals surface area contributed by atoms with Crippen LogP contribution in [0.2, 0.25) is 0 Å². The second-order valence-corrected chi connectivity index (χ2v) is 7.86. The molecule has 0 saturated carbocycles. The minimum atomic E-state index is -0.878. The van der Waals surface area contributed by atoms with Crippen molar-refractivity contribution in [3.05, 3.63) is 77.9 Å². The van der Waals surface area contributed by atoms with E-state index in [9.17, 15) is 19.2 Å². The van der Waals surface area contributed by atoms with Crippen molar-refractivity contribution < 1.29 is 19.2 Å². The summed E-state index contributed by atoms with van der Waals surface area (Å²) in [5.74, 6) is -1.83. The third-order valence-corrected chi connectivity index (χ3v) is 5.43. The normalized spacial score (nSPS) is 16.4. The molecule has 4 amide bonds. The van der Waals surface area contributed by atoms with E-state index < -0.39 is 29.8 Å². The molecule has 0 spiro atoms. The van der Waals surface area contributed by atoms with Gasteiger partial charge in [-0.25, -0.2) is 0 Å². The smallest absolute Gasteiger partial charge is 0.246 e. The van der Waals surface area contributed by atoms with Gasteiger partial charge < -0.3 is 21.3 Å². The van der Waals surface area contributed by atoms with E-state index in [1.165, 1.54) is 11.0 Å². The van der Waals surface area contributed by atoms with Crippen molar-refractivity contribution in [3.8, 4) is 0 Å². The summed E-state index contributed by atoms with van der Waals surface area (Å²) in [5, 5.41) is 5.23. The highest BCUT2D eigenvalue weighted by atomic mass is 16.2. The van der Waals surface area contributed by atoms with Gasteiger partial charge in [0.15, 0.2) is 0 Å². The molecule has 1 aliphatic rings. The first-order valence-corrected chi connectivity index (χ1v) is 10.9. The number of carbonyl (C=O) groups excluding carboxylic acids is 4. The van der Waals surface area contributed by atoms with Crippen LogP contribution in [0.4, 0.5) is 0 Å². The maximum Gasteiger partial charge on any atom is 0.246 e. The third kappa shape index (κ3) is 7.03. The molecule has 1 fully saturated rings. The molecule has 4 N–H and O–H groups in total. The molecule has 2 atom stereocenters. The van der Waals surface area contributed by atoms with Crippen molar-refractivity contribution in [2.75, 3.05) is 13.1 Å². The summed E-state index contributed by atoms with van der Waals surface area (Å²) in [6.07, 6.45) is 4.44. The van der Waals surface area contributed by atoms with Gasteiger partial charge in [0.2, 0.25) is 23.6 Å². The largest absolute Gasteiger partial charge is 0.368 e. The van der Waals surface area contributed by atoms with Gasteiger partial charge in [0.05, 0.1) is 6.54 Å². The number of benzene rings is 2. The Hall–Kier alpha value is -3.94. The van der Waals surface area contributed by atoms with Crippen LogP contribution in [0.1, 0.15) is 24.0 Å². The second kappa shape index (κ2) is 11.6. The molecule has 33 heavy (non-hydrogen) atoms. The Kier molecular flexibility index (Phi) is 8.35. The lowest BCUT2D eigenvalue weighted by molar-refractivity contribution is -0.140. The van der Waals surface area contributed by atoms with Crippen LogP contribution in [0, 0.1) is 0 Å². The summed E-state index contributed by atoms with van der Waals surface area (Å²) in [5.41, 5.74) is 7.18. The predicted octanol–water partition coefficient (Wildman–Crippen LogP) is 1.02. The number of primary amides is 1. The van der Waals surface area contributed by atoms with E-state index in [4.69, 9.17) is 5.73 Å². The fraction of sp³-hybridized carbons (Fsp3) is 0.280. The summed E-state index contributed by atoms with van der Waals surface area (Å²) in [7, 11) is 0. The summed E-state index contributed by atoms with van der Waals surface area (Å²) in [4.78, 5) is 51.0. The van der Waals surface area contributed by atoms with Crippen LogP contribution in [-0.2, 0) is 25.6 Å². The maximum absolute atomic E-state index is 13.2. The Labute approximate surface area is 192 Å². The molecule has 1 aliphatic heterocycles. The van der Waals surface area contributed by atoms with Crippen molar-refractivity contribution in [2.45, 2.75) is 31.3 Å². The molecule has 0 bridgehead atoms. The molecule has 0 aromatic heterocycles. The van der Waals surface area contributed by atoms with Crippen LogP contribution < -0.4 is 16.4 Å². The Morgan fingerprint density at radius 1 is 1.03 bits per heavy atom. The number of rotatable bonds is 9. The Morgan fingerprint density at radius 2 is 1.70 bits per heavy atom. The number of hydrogen-bond donors (Lipinski definition) is 3. The minimum absolute atomic E-state index is 0.259. The van der Waals surface area contributed by atoms with Crippen molar-refractivity contribution in [1.29, 1.82) is 0 Å². The fourth-order valence-electron chi connectivity index (χ4n) is 3.78. The van der Waals surface area contributed by atoms with Gasteiger partial charge in [0.1, 0.15) is 12.1 Å². The van der Waals surface area contributed by atoms with Gasteiger partial charge in [-0.05, 0) is 30.0 Å².